The predicted octanol–water partition coefficient (Wildman–Crippen LogP) is 4.34. The number of halogens is 1. The normalized spacial score (nSPS) is 14.9. The number of fused-ring (bicyclic) bond motifs is 1. The molecular formula is C22H21ClN2O4S. The number of aryl methyl sites for hydroxylation is 1. The van der Waals surface area contributed by atoms with Crippen LogP contribution in [-0.2, 0) is 21.4 Å². The first kappa shape index (κ1) is 20.8. The van der Waals surface area contributed by atoms with Crippen molar-refractivity contribution in [2.75, 3.05) is 13.1 Å². The Balaban J connectivity index is 1.54. The summed E-state index contributed by atoms with van der Waals surface area (Å²) < 4.78 is 32.3. The lowest BCUT2D eigenvalue weighted by Crippen LogP contribution is -2.28. The molecule has 3 aromatic rings. The Morgan fingerprint density at radius 3 is 2.63 bits per heavy atom. The number of hydrogen-bond donors (Lipinski definition) is 0. The summed E-state index contributed by atoms with van der Waals surface area (Å²) in [6, 6.07) is 13.5. The average Bonchev–Trinajstić information content (AvgIpc) is 3.31. The minimum Gasteiger partial charge on any atom is -0.456 e. The molecule has 0 spiro atoms. The van der Waals surface area contributed by atoms with Gasteiger partial charge in [-0.1, -0.05) is 35.9 Å². The molecule has 2 heterocycles. The standard InChI is InChI=1S/C22H21ClN2O4S/c1-15-18-9-2-3-10-19(18)24-20(21(15)23)14-29-22(26)16-7-6-8-17(13-16)30(27,28)25-11-4-5-12-25/h2-3,6-10,13H,4-5,11-12,14H2,1H3. The second kappa shape index (κ2) is 8.34. The van der Waals surface area contributed by atoms with E-state index in [1.165, 1.54) is 22.5 Å². The largest absolute Gasteiger partial charge is 0.456 e. The second-order valence-electron chi connectivity index (χ2n) is 7.23. The summed E-state index contributed by atoms with van der Waals surface area (Å²) >= 11 is 6.42. The maximum Gasteiger partial charge on any atom is 0.338 e. The summed E-state index contributed by atoms with van der Waals surface area (Å²) in [5, 5.41) is 1.39. The van der Waals surface area contributed by atoms with E-state index in [-0.39, 0.29) is 17.1 Å². The predicted molar refractivity (Wildman–Crippen MR) is 115 cm³/mol. The molecule has 0 amide bonds. The van der Waals surface area contributed by atoms with Crippen molar-refractivity contribution in [3.63, 3.8) is 0 Å². The lowest BCUT2D eigenvalue weighted by atomic mass is 10.1. The van der Waals surface area contributed by atoms with Crippen LogP contribution < -0.4 is 0 Å². The summed E-state index contributed by atoms with van der Waals surface area (Å²) in [5.74, 6) is -0.628. The molecule has 1 aliphatic rings. The van der Waals surface area contributed by atoms with E-state index >= 15 is 0 Å². The first-order valence-electron chi connectivity index (χ1n) is 9.69. The van der Waals surface area contributed by atoms with Crippen molar-refractivity contribution in [3.05, 3.63) is 70.4 Å². The van der Waals surface area contributed by atoms with Crippen molar-refractivity contribution < 1.29 is 17.9 Å². The van der Waals surface area contributed by atoms with Crippen molar-refractivity contribution in [2.45, 2.75) is 31.3 Å². The van der Waals surface area contributed by atoms with Crippen molar-refractivity contribution in [1.82, 2.24) is 9.29 Å². The van der Waals surface area contributed by atoms with Crippen molar-refractivity contribution in [3.8, 4) is 0 Å². The number of esters is 1. The van der Waals surface area contributed by atoms with Gasteiger partial charge in [0.2, 0.25) is 10.0 Å². The van der Waals surface area contributed by atoms with Gasteiger partial charge in [0.05, 0.1) is 26.7 Å². The van der Waals surface area contributed by atoms with Gasteiger partial charge in [0, 0.05) is 18.5 Å². The highest BCUT2D eigenvalue weighted by molar-refractivity contribution is 7.89. The first-order chi connectivity index (χ1) is 14.4. The molecule has 8 heteroatoms. The van der Waals surface area contributed by atoms with Crippen LogP contribution in [0.25, 0.3) is 10.9 Å². The van der Waals surface area contributed by atoms with Gasteiger partial charge in [0.25, 0.3) is 0 Å². The molecule has 2 aromatic carbocycles. The Hall–Kier alpha value is -2.48. The molecule has 0 unspecified atom stereocenters. The zero-order valence-electron chi connectivity index (χ0n) is 16.5. The Labute approximate surface area is 180 Å². The van der Waals surface area contributed by atoms with E-state index in [0.29, 0.717) is 23.8 Å². The van der Waals surface area contributed by atoms with Crippen LogP contribution in [0.2, 0.25) is 5.02 Å². The number of carbonyl (C=O) groups is 1. The number of sulfonamides is 1. The topological polar surface area (TPSA) is 76.6 Å². The average molecular weight is 445 g/mol. The van der Waals surface area contributed by atoms with Crippen LogP contribution in [0.3, 0.4) is 0 Å². The van der Waals surface area contributed by atoms with Crippen LogP contribution in [0.5, 0.6) is 0 Å². The highest BCUT2D eigenvalue weighted by Gasteiger charge is 2.27. The third-order valence-corrected chi connectivity index (χ3v) is 7.65. The van der Waals surface area contributed by atoms with Gasteiger partial charge in [0.1, 0.15) is 6.61 Å². The van der Waals surface area contributed by atoms with E-state index in [9.17, 15) is 13.2 Å². The molecule has 4 rings (SSSR count). The van der Waals surface area contributed by atoms with E-state index in [4.69, 9.17) is 16.3 Å². The minimum absolute atomic E-state index is 0.0940. The number of aromatic nitrogens is 1. The van der Waals surface area contributed by atoms with Gasteiger partial charge in [0.15, 0.2) is 0 Å². The molecule has 1 aromatic heterocycles. The van der Waals surface area contributed by atoms with Gasteiger partial charge in [-0.15, -0.1) is 0 Å². The first-order valence-corrected chi connectivity index (χ1v) is 11.5. The van der Waals surface area contributed by atoms with E-state index in [1.54, 1.807) is 6.07 Å². The van der Waals surface area contributed by atoms with E-state index in [2.05, 4.69) is 4.98 Å². The number of para-hydroxylation sites is 1. The SMILES string of the molecule is Cc1c(Cl)c(COC(=O)c2cccc(S(=O)(=O)N3CCCC3)c2)nc2ccccc12. The molecular weight excluding hydrogens is 424 g/mol. The maximum absolute atomic E-state index is 12.7. The van der Waals surface area contributed by atoms with Gasteiger partial charge < -0.3 is 4.74 Å². The molecule has 1 aliphatic heterocycles. The zero-order chi connectivity index (χ0) is 21.3. The smallest absolute Gasteiger partial charge is 0.338 e. The summed E-state index contributed by atoms with van der Waals surface area (Å²) in [4.78, 5) is 17.2. The van der Waals surface area contributed by atoms with Crippen LogP contribution >= 0.6 is 11.6 Å². The number of rotatable bonds is 5. The number of ether oxygens (including phenoxy) is 1. The lowest BCUT2D eigenvalue weighted by Gasteiger charge is -2.16. The monoisotopic (exact) mass is 444 g/mol. The number of hydrogen-bond acceptors (Lipinski definition) is 5. The Morgan fingerprint density at radius 2 is 1.87 bits per heavy atom. The van der Waals surface area contributed by atoms with Gasteiger partial charge in [-0.3, -0.25) is 0 Å². The molecule has 0 bridgehead atoms. The quantitative estimate of drug-likeness (QED) is 0.547. The maximum atomic E-state index is 12.7. The fourth-order valence-electron chi connectivity index (χ4n) is 3.59. The lowest BCUT2D eigenvalue weighted by molar-refractivity contribution is 0.0468. The van der Waals surface area contributed by atoms with Crippen molar-refractivity contribution in [2.24, 2.45) is 0 Å². The van der Waals surface area contributed by atoms with Crippen LogP contribution in [0.4, 0.5) is 0 Å². The molecule has 1 saturated heterocycles. The van der Waals surface area contributed by atoms with Crippen LogP contribution in [0.15, 0.2) is 53.4 Å². The highest BCUT2D eigenvalue weighted by atomic mass is 35.5. The van der Waals surface area contributed by atoms with E-state index in [0.717, 1.165) is 29.3 Å². The molecule has 0 saturated carbocycles. The Bertz CT molecular complexity index is 1220. The number of carbonyl (C=O) groups excluding carboxylic acids is 1. The van der Waals surface area contributed by atoms with Crippen molar-refractivity contribution >= 4 is 38.5 Å². The van der Waals surface area contributed by atoms with E-state index < -0.39 is 16.0 Å². The molecule has 30 heavy (non-hydrogen) atoms. The van der Waals surface area contributed by atoms with Crippen LogP contribution in [0, 0.1) is 6.92 Å². The van der Waals surface area contributed by atoms with Gasteiger partial charge in [-0.2, -0.15) is 4.31 Å². The number of nitrogens with zero attached hydrogens (tertiary/aromatic N) is 2. The molecule has 0 atom stereocenters. The number of pyridine rings is 1. The fraction of sp³-hybridized carbons (Fsp3) is 0.273. The third kappa shape index (κ3) is 3.93. The van der Waals surface area contributed by atoms with E-state index in [1.807, 2.05) is 31.2 Å². The summed E-state index contributed by atoms with van der Waals surface area (Å²) in [5.41, 5.74) is 2.27. The molecule has 0 aliphatic carbocycles. The minimum atomic E-state index is -3.61. The zero-order valence-corrected chi connectivity index (χ0v) is 18.0. The summed E-state index contributed by atoms with van der Waals surface area (Å²) in [7, 11) is -3.61. The third-order valence-electron chi connectivity index (χ3n) is 5.26. The summed E-state index contributed by atoms with van der Waals surface area (Å²) in [6.07, 6.45) is 1.69. The highest BCUT2D eigenvalue weighted by Crippen LogP contribution is 2.28. The number of benzene rings is 2. The van der Waals surface area contributed by atoms with Gasteiger partial charge >= 0.3 is 5.97 Å². The molecule has 6 nitrogen and oxygen atoms in total. The fourth-order valence-corrected chi connectivity index (χ4v) is 5.35. The molecule has 1 fully saturated rings. The van der Waals surface area contributed by atoms with Crippen LogP contribution in [-0.4, -0.2) is 36.8 Å². The van der Waals surface area contributed by atoms with Crippen molar-refractivity contribution in [1.29, 1.82) is 0 Å². The van der Waals surface area contributed by atoms with Gasteiger partial charge in [-0.25, -0.2) is 18.2 Å². The molecule has 0 radical (unpaired) electrons. The molecule has 0 N–H and O–H groups in total. The van der Waals surface area contributed by atoms with Crippen LogP contribution in [0.1, 0.15) is 34.5 Å². The molecule has 156 valence electrons. The second-order valence-corrected chi connectivity index (χ2v) is 9.55. The Kier molecular flexibility index (Phi) is 5.77. The summed E-state index contributed by atoms with van der Waals surface area (Å²) in [6.45, 7) is 2.79. The Morgan fingerprint density at radius 1 is 1.13 bits per heavy atom. The van der Waals surface area contributed by atoms with Gasteiger partial charge in [-0.05, 0) is 49.6 Å².